The average molecular weight is 571 g/mol. The van der Waals surface area contributed by atoms with Crippen LogP contribution in [-0.4, -0.2) is 55.7 Å². The van der Waals surface area contributed by atoms with Gasteiger partial charge < -0.3 is 19.9 Å². The van der Waals surface area contributed by atoms with E-state index in [1.165, 1.54) is 12.1 Å². The number of fused-ring (bicyclic) bond motifs is 1. The van der Waals surface area contributed by atoms with Crippen LogP contribution in [0.2, 0.25) is 5.02 Å². The minimum absolute atomic E-state index is 0.00439. The van der Waals surface area contributed by atoms with Gasteiger partial charge >= 0.3 is 6.18 Å². The number of rotatable bonds is 6. The molecule has 210 valence electrons. The predicted molar refractivity (Wildman–Crippen MR) is 150 cm³/mol. The van der Waals surface area contributed by atoms with Crippen molar-refractivity contribution < 1.29 is 22.7 Å². The first kappa shape index (κ1) is 28.1. The SMILES string of the molecule is N#Cc1ccc(N[C@H]2CC[C@H](OCC(=O)N3CCN(c4ccc5cc(Cl)ccc5c4)CC3)CC2)cc1C(F)(F)F. The minimum Gasteiger partial charge on any atom is -0.382 e. The van der Waals surface area contributed by atoms with E-state index in [-0.39, 0.29) is 30.2 Å². The summed E-state index contributed by atoms with van der Waals surface area (Å²) in [5.41, 5.74) is 0.150. The second-order valence-corrected chi connectivity index (χ2v) is 10.8. The van der Waals surface area contributed by atoms with Gasteiger partial charge in [-0.15, -0.1) is 0 Å². The summed E-state index contributed by atoms with van der Waals surface area (Å²) in [6, 6.07) is 17.4. The van der Waals surface area contributed by atoms with Gasteiger partial charge in [0.25, 0.3) is 0 Å². The van der Waals surface area contributed by atoms with E-state index in [4.69, 9.17) is 21.6 Å². The quantitative estimate of drug-likeness (QED) is 0.368. The van der Waals surface area contributed by atoms with E-state index in [1.807, 2.05) is 23.1 Å². The standard InChI is InChI=1S/C30H30ClF3N4O2/c31-23-4-1-21-16-26(8-3-20(21)15-23)37-11-13-38(14-12-37)29(39)19-40-27-9-6-24(7-10-27)36-25-5-2-22(18-35)28(17-25)30(32,33)34/h1-5,8,15-17,24,27,36H,6-7,9-14,19H2/t24-,27-. The molecule has 3 aromatic carbocycles. The number of anilines is 2. The summed E-state index contributed by atoms with van der Waals surface area (Å²) in [5, 5.41) is 15.1. The summed E-state index contributed by atoms with van der Waals surface area (Å²) in [7, 11) is 0. The Morgan fingerprint density at radius 1 is 0.975 bits per heavy atom. The number of carbonyl (C=O) groups excluding carboxylic acids is 1. The molecule has 2 aliphatic rings. The molecule has 0 unspecified atom stereocenters. The Bertz CT molecular complexity index is 1410. The number of nitrogens with zero attached hydrogens (tertiary/aromatic N) is 3. The zero-order chi connectivity index (χ0) is 28.3. The van der Waals surface area contributed by atoms with Gasteiger partial charge in [-0.05, 0) is 78.9 Å². The topological polar surface area (TPSA) is 68.6 Å². The second-order valence-electron chi connectivity index (χ2n) is 10.3. The molecule has 2 fully saturated rings. The third-order valence-corrected chi connectivity index (χ3v) is 7.95. The van der Waals surface area contributed by atoms with Gasteiger partial charge in [-0.1, -0.05) is 23.7 Å². The lowest BCUT2D eigenvalue weighted by Gasteiger charge is -2.36. The molecule has 0 spiro atoms. The van der Waals surface area contributed by atoms with Gasteiger partial charge in [0, 0.05) is 48.6 Å². The number of hydrogen-bond donors (Lipinski definition) is 1. The summed E-state index contributed by atoms with van der Waals surface area (Å²) in [6.45, 7) is 2.77. The maximum Gasteiger partial charge on any atom is 0.417 e. The van der Waals surface area contributed by atoms with Crippen LogP contribution in [0.1, 0.15) is 36.8 Å². The van der Waals surface area contributed by atoms with Crippen LogP contribution in [0, 0.1) is 11.3 Å². The molecular weight excluding hydrogens is 541 g/mol. The maximum absolute atomic E-state index is 13.3. The Labute approximate surface area is 236 Å². The monoisotopic (exact) mass is 570 g/mol. The van der Waals surface area contributed by atoms with Gasteiger partial charge in [0.2, 0.25) is 5.91 Å². The molecule has 1 N–H and O–H groups in total. The number of nitrogens with one attached hydrogen (secondary N) is 1. The van der Waals surface area contributed by atoms with Crippen LogP contribution in [0.25, 0.3) is 10.8 Å². The molecule has 3 aromatic rings. The summed E-state index contributed by atoms with van der Waals surface area (Å²) in [5.74, 6) is -0.0229. The fourth-order valence-electron chi connectivity index (χ4n) is 5.47. The van der Waals surface area contributed by atoms with E-state index in [9.17, 15) is 18.0 Å². The third kappa shape index (κ3) is 6.62. The van der Waals surface area contributed by atoms with Crippen molar-refractivity contribution in [1.82, 2.24) is 4.90 Å². The number of hydrogen-bond acceptors (Lipinski definition) is 5. The van der Waals surface area contributed by atoms with Crippen LogP contribution in [0.15, 0.2) is 54.6 Å². The normalized spacial score (nSPS) is 19.9. The van der Waals surface area contributed by atoms with Gasteiger partial charge in [-0.2, -0.15) is 18.4 Å². The van der Waals surface area contributed by atoms with E-state index < -0.39 is 11.7 Å². The fraction of sp³-hybridized carbons (Fsp3) is 0.400. The summed E-state index contributed by atoms with van der Waals surface area (Å²) >= 11 is 6.09. The molecule has 1 saturated carbocycles. The van der Waals surface area contributed by atoms with Crippen LogP contribution < -0.4 is 10.2 Å². The lowest BCUT2D eigenvalue weighted by molar-refractivity contribution is -0.139. The number of piperazine rings is 1. The summed E-state index contributed by atoms with van der Waals surface area (Å²) in [6.07, 6.45) is -1.77. The molecule has 10 heteroatoms. The Balaban J connectivity index is 1.05. The van der Waals surface area contributed by atoms with Crippen molar-refractivity contribution in [2.45, 2.75) is 44.0 Å². The molecule has 1 heterocycles. The summed E-state index contributed by atoms with van der Waals surface area (Å²) in [4.78, 5) is 16.9. The van der Waals surface area contributed by atoms with Crippen molar-refractivity contribution in [3.8, 4) is 6.07 Å². The molecule has 1 aliphatic carbocycles. The first-order chi connectivity index (χ1) is 19.2. The zero-order valence-corrected chi connectivity index (χ0v) is 22.6. The number of carbonyl (C=O) groups is 1. The van der Waals surface area contributed by atoms with Crippen LogP contribution in [0.4, 0.5) is 24.5 Å². The average Bonchev–Trinajstić information content (AvgIpc) is 2.96. The first-order valence-corrected chi connectivity index (χ1v) is 13.8. The Morgan fingerprint density at radius 3 is 2.38 bits per heavy atom. The molecule has 1 saturated heterocycles. The van der Waals surface area contributed by atoms with Crippen molar-refractivity contribution >= 4 is 39.7 Å². The van der Waals surface area contributed by atoms with Gasteiger partial charge in [0.1, 0.15) is 6.61 Å². The second kappa shape index (κ2) is 11.9. The highest BCUT2D eigenvalue weighted by molar-refractivity contribution is 6.31. The van der Waals surface area contributed by atoms with E-state index in [1.54, 1.807) is 6.07 Å². The van der Waals surface area contributed by atoms with E-state index in [0.717, 1.165) is 48.5 Å². The first-order valence-electron chi connectivity index (χ1n) is 13.4. The molecule has 0 radical (unpaired) electrons. The number of nitriles is 1. The van der Waals surface area contributed by atoms with Gasteiger partial charge in [0.15, 0.2) is 0 Å². The van der Waals surface area contributed by atoms with Crippen molar-refractivity contribution in [3.63, 3.8) is 0 Å². The molecule has 40 heavy (non-hydrogen) atoms. The van der Waals surface area contributed by atoms with Crippen molar-refractivity contribution in [2.24, 2.45) is 0 Å². The Kier molecular flexibility index (Phi) is 8.38. The van der Waals surface area contributed by atoms with Gasteiger partial charge in [0.05, 0.1) is 23.3 Å². The number of ether oxygens (including phenoxy) is 1. The number of benzene rings is 3. The largest absolute Gasteiger partial charge is 0.417 e. The Morgan fingerprint density at radius 2 is 1.68 bits per heavy atom. The van der Waals surface area contributed by atoms with Gasteiger partial charge in [-0.25, -0.2) is 0 Å². The number of halogens is 4. The molecule has 0 aromatic heterocycles. The lowest BCUT2D eigenvalue weighted by atomic mass is 9.92. The number of alkyl halides is 3. The molecule has 1 aliphatic heterocycles. The van der Waals surface area contributed by atoms with Crippen LogP contribution in [-0.2, 0) is 15.7 Å². The maximum atomic E-state index is 13.3. The Hall–Kier alpha value is -3.48. The van der Waals surface area contributed by atoms with Crippen LogP contribution in [0.5, 0.6) is 0 Å². The predicted octanol–water partition coefficient (Wildman–Crippen LogP) is 6.47. The van der Waals surface area contributed by atoms with E-state index >= 15 is 0 Å². The molecule has 6 nitrogen and oxygen atoms in total. The highest BCUT2D eigenvalue weighted by Gasteiger charge is 2.34. The highest BCUT2D eigenvalue weighted by Crippen LogP contribution is 2.34. The fourth-order valence-corrected chi connectivity index (χ4v) is 5.65. The van der Waals surface area contributed by atoms with Crippen molar-refractivity contribution in [2.75, 3.05) is 43.0 Å². The van der Waals surface area contributed by atoms with E-state index in [2.05, 4.69) is 28.4 Å². The van der Waals surface area contributed by atoms with E-state index in [0.29, 0.717) is 36.6 Å². The van der Waals surface area contributed by atoms with Crippen molar-refractivity contribution in [1.29, 1.82) is 5.26 Å². The van der Waals surface area contributed by atoms with Gasteiger partial charge in [-0.3, -0.25) is 4.79 Å². The molecule has 0 atom stereocenters. The molecule has 5 rings (SSSR count). The molecular formula is C30H30ClF3N4O2. The molecule has 1 amide bonds. The smallest absolute Gasteiger partial charge is 0.382 e. The van der Waals surface area contributed by atoms with Crippen LogP contribution in [0.3, 0.4) is 0 Å². The third-order valence-electron chi connectivity index (χ3n) is 7.72. The minimum atomic E-state index is -4.58. The van der Waals surface area contributed by atoms with Crippen molar-refractivity contribution in [3.05, 3.63) is 70.7 Å². The summed E-state index contributed by atoms with van der Waals surface area (Å²) < 4.78 is 45.7. The molecule has 0 bridgehead atoms. The number of amides is 1. The zero-order valence-electron chi connectivity index (χ0n) is 21.9. The van der Waals surface area contributed by atoms with Crippen LogP contribution >= 0.6 is 11.6 Å². The highest BCUT2D eigenvalue weighted by atomic mass is 35.5. The lowest BCUT2D eigenvalue weighted by Crippen LogP contribution is -2.50.